The van der Waals surface area contributed by atoms with E-state index in [1.165, 1.54) is 44.8 Å². The van der Waals surface area contributed by atoms with Gasteiger partial charge in [0.15, 0.2) is 0 Å². The summed E-state index contributed by atoms with van der Waals surface area (Å²) in [4.78, 5) is 0. The van der Waals surface area contributed by atoms with Crippen molar-refractivity contribution in [1.29, 1.82) is 0 Å². The van der Waals surface area contributed by atoms with Gasteiger partial charge in [0.1, 0.15) is 0 Å². The highest BCUT2D eigenvalue weighted by molar-refractivity contribution is 5.82. The zero-order valence-electron chi connectivity index (χ0n) is 16.9. The van der Waals surface area contributed by atoms with Gasteiger partial charge >= 0.3 is 0 Å². The summed E-state index contributed by atoms with van der Waals surface area (Å²) in [5.41, 5.74) is 10.1. The maximum Gasteiger partial charge on any atom is 0.0747 e. The van der Waals surface area contributed by atoms with Crippen LogP contribution in [0, 0.1) is 6.92 Å². The third-order valence-electron chi connectivity index (χ3n) is 6.28. The molecule has 0 aliphatic carbocycles. The van der Waals surface area contributed by atoms with E-state index in [9.17, 15) is 0 Å². The van der Waals surface area contributed by atoms with E-state index in [1.54, 1.807) is 0 Å². The van der Waals surface area contributed by atoms with Crippen molar-refractivity contribution in [2.45, 2.75) is 25.7 Å². The molecule has 0 bridgehead atoms. The highest BCUT2D eigenvalue weighted by atomic mass is 14.9. The van der Waals surface area contributed by atoms with Crippen molar-refractivity contribution in [1.82, 2.24) is 0 Å². The molecule has 1 heterocycles. The van der Waals surface area contributed by atoms with Crippen molar-refractivity contribution in [3.8, 4) is 0 Å². The molecule has 4 aromatic rings. The van der Waals surface area contributed by atoms with Crippen LogP contribution in [0.15, 0.2) is 97.1 Å². The molecule has 0 atom stereocenters. The van der Waals surface area contributed by atoms with Gasteiger partial charge in [-0.2, -0.15) is 0 Å². The van der Waals surface area contributed by atoms with Gasteiger partial charge in [0.25, 0.3) is 0 Å². The van der Waals surface area contributed by atoms with E-state index in [1.807, 2.05) is 0 Å². The van der Waals surface area contributed by atoms with Crippen LogP contribution in [-0.4, -0.2) is 0 Å². The first kappa shape index (κ1) is 17.8. The minimum atomic E-state index is -0.351. The SMILES string of the molecule is CCc1ccccc1C1(c2ccccc2C)c2ccccc2Nc2ccccc21. The molecule has 0 saturated heterocycles. The molecule has 0 aromatic heterocycles. The Balaban J connectivity index is 2.02. The molecule has 0 spiro atoms. The largest absolute Gasteiger partial charge is 0.355 e. The van der Waals surface area contributed by atoms with Gasteiger partial charge in [-0.25, -0.2) is 0 Å². The van der Waals surface area contributed by atoms with Crippen LogP contribution in [0.4, 0.5) is 11.4 Å². The third kappa shape index (κ3) is 2.54. The molecule has 29 heavy (non-hydrogen) atoms. The number of hydrogen-bond acceptors (Lipinski definition) is 1. The zero-order chi connectivity index (χ0) is 19.8. The van der Waals surface area contributed by atoms with Crippen LogP contribution in [0.2, 0.25) is 0 Å². The zero-order valence-corrected chi connectivity index (χ0v) is 16.9. The maximum atomic E-state index is 3.69. The van der Waals surface area contributed by atoms with Crippen molar-refractivity contribution >= 4 is 11.4 Å². The van der Waals surface area contributed by atoms with Crippen LogP contribution in [0.3, 0.4) is 0 Å². The fourth-order valence-electron chi connectivity index (χ4n) is 5.04. The van der Waals surface area contributed by atoms with Crippen molar-refractivity contribution < 1.29 is 0 Å². The number of fused-ring (bicyclic) bond motifs is 2. The molecule has 0 radical (unpaired) electrons. The fourth-order valence-corrected chi connectivity index (χ4v) is 5.04. The van der Waals surface area contributed by atoms with Gasteiger partial charge < -0.3 is 5.32 Å². The highest BCUT2D eigenvalue weighted by Gasteiger charge is 2.45. The van der Waals surface area contributed by atoms with Gasteiger partial charge in [0.2, 0.25) is 0 Å². The quantitative estimate of drug-likeness (QED) is 0.358. The molecule has 1 heteroatoms. The predicted molar refractivity (Wildman–Crippen MR) is 122 cm³/mol. The number of para-hydroxylation sites is 2. The molecule has 5 rings (SSSR count). The number of rotatable bonds is 3. The van der Waals surface area contributed by atoms with E-state index >= 15 is 0 Å². The van der Waals surface area contributed by atoms with Crippen LogP contribution in [0.1, 0.15) is 40.3 Å². The number of nitrogens with one attached hydrogen (secondary N) is 1. The molecule has 4 aromatic carbocycles. The van der Waals surface area contributed by atoms with Crippen LogP contribution in [-0.2, 0) is 11.8 Å². The lowest BCUT2D eigenvalue weighted by Gasteiger charge is -2.44. The summed E-state index contributed by atoms with van der Waals surface area (Å²) in [5.74, 6) is 0. The van der Waals surface area contributed by atoms with Gasteiger partial charge in [-0.3, -0.25) is 0 Å². The second-order valence-corrected chi connectivity index (χ2v) is 7.79. The van der Waals surface area contributed by atoms with Gasteiger partial charge in [0.05, 0.1) is 5.41 Å². The molecular weight excluding hydrogens is 350 g/mol. The summed E-state index contributed by atoms with van der Waals surface area (Å²) in [6, 6.07) is 35.3. The summed E-state index contributed by atoms with van der Waals surface area (Å²) in [5, 5.41) is 3.69. The van der Waals surface area contributed by atoms with E-state index in [2.05, 4.69) is 116 Å². The smallest absolute Gasteiger partial charge is 0.0747 e. The topological polar surface area (TPSA) is 12.0 Å². The molecule has 0 unspecified atom stereocenters. The van der Waals surface area contributed by atoms with Gasteiger partial charge in [0, 0.05) is 11.4 Å². The van der Waals surface area contributed by atoms with Crippen molar-refractivity contribution in [2.24, 2.45) is 0 Å². The van der Waals surface area contributed by atoms with Crippen LogP contribution in [0.25, 0.3) is 0 Å². The average molecular weight is 376 g/mol. The fraction of sp³-hybridized carbons (Fsp3) is 0.143. The number of hydrogen-bond donors (Lipinski definition) is 1. The predicted octanol–water partition coefficient (Wildman–Crippen LogP) is 7.00. The Morgan fingerprint density at radius 1 is 0.586 bits per heavy atom. The van der Waals surface area contributed by atoms with E-state index in [-0.39, 0.29) is 5.41 Å². The normalized spacial score (nSPS) is 13.9. The van der Waals surface area contributed by atoms with Gasteiger partial charge in [-0.1, -0.05) is 91.9 Å². The molecule has 1 nitrogen and oxygen atoms in total. The first-order valence-corrected chi connectivity index (χ1v) is 10.4. The monoisotopic (exact) mass is 375 g/mol. The number of anilines is 2. The van der Waals surface area contributed by atoms with E-state index < -0.39 is 0 Å². The standard InChI is InChI=1S/C28H25N/c1-3-21-13-5-7-15-23(21)28(22-14-6-4-12-20(22)2)24-16-8-10-18-26(24)29-27-19-11-9-17-25(27)28/h4-19,29H,3H2,1-2H3. The molecule has 0 amide bonds. The molecule has 0 saturated carbocycles. The molecule has 0 fully saturated rings. The Hall–Kier alpha value is -3.32. The summed E-state index contributed by atoms with van der Waals surface area (Å²) in [6.45, 7) is 4.49. The summed E-state index contributed by atoms with van der Waals surface area (Å²) in [7, 11) is 0. The van der Waals surface area contributed by atoms with Crippen LogP contribution in [0.5, 0.6) is 0 Å². The molecular formula is C28H25N. The first-order valence-electron chi connectivity index (χ1n) is 10.4. The molecule has 1 aliphatic heterocycles. The van der Waals surface area contributed by atoms with Crippen LogP contribution < -0.4 is 5.32 Å². The third-order valence-corrected chi connectivity index (χ3v) is 6.28. The minimum absolute atomic E-state index is 0.351. The molecule has 142 valence electrons. The van der Waals surface area contributed by atoms with Crippen LogP contribution >= 0.6 is 0 Å². The van der Waals surface area contributed by atoms with E-state index in [4.69, 9.17) is 0 Å². The average Bonchev–Trinajstić information content (AvgIpc) is 2.78. The van der Waals surface area contributed by atoms with Crippen molar-refractivity contribution in [3.05, 3.63) is 130 Å². The number of benzene rings is 4. The van der Waals surface area contributed by atoms with Crippen molar-refractivity contribution in [3.63, 3.8) is 0 Å². The van der Waals surface area contributed by atoms with E-state index in [0.29, 0.717) is 0 Å². The Morgan fingerprint density at radius 2 is 1.07 bits per heavy atom. The summed E-state index contributed by atoms with van der Waals surface area (Å²) < 4.78 is 0. The lowest BCUT2D eigenvalue weighted by Crippen LogP contribution is -2.36. The first-order chi connectivity index (χ1) is 14.3. The van der Waals surface area contributed by atoms with E-state index in [0.717, 1.165) is 6.42 Å². The molecule has 1 aliphatic rings. The lowest BCUT2D eigenvalue weighted by molar-refractivity contribution is 0.722. The number of aryl methyl sites for hydroxylation is 2. The minimum Gasteiger partial charge on any atom is -0.355 e. The summed E-state index contributed by atoms with van der Waals surface area (Å²) in [6.07, 6.45) is 1.00. The Morgan fingerprint density at radius 3 is 1.66 bits per heavy atom. The Labute approximate surface area is 173 Å². The van der Waals surface area contributed by atoms with Gasteiger partial charge in [-0.05, 0) is 58.9 Å². The second kappa shape index (κ2) is 6.93. The highest BCUT2D eigenvalue weighted by Crippen LogP contribution is 2.54. The summed E-state index contributed by atoms with van der Waals surface area (Å²) >= 11 is 0. The molecule has 1 N–H and O–H groups in total. The lowest BCUT2D eigenvalue weighted by atomic mass is 9.61. The Kier molecular flexibility index (Phi) is 4.24. The van der Waals surface area contributed by atoms with Gasteiger partial charge in [-0.15, -0.1) is 0 Å². The maximum absolute atomic E-state index is 3.69. The Bertz CT molecular complexity index is 1120. The second-order valence-electron chi connectivity index (χ2n) is 7.79. The van der Waals surface area contributed by atoms with Crippen molar-refractivity contribution in [2.75, 3.05) is 5.32 Å².